The first-order valence-corrected chi connectivity index (χ1v) is 5.56. The molecule has 10 heteroatoms. The molecule has 0 saturated carbocycles. The van der Waals surface area contributed by atoms with Gasteiger partial charge in [-0.1, -0.05) is 15.2 Å². The van der Waals surface area contributed by atoms with Gasteiger partial charge in [0.05, 0.1) is 6.61 Å². The van der Waals surface area contributed by atoms with Crippen molar-refractivity contribution in [2.24, 2.45) is 0 Å². The molecule has 0 aromatic carbocycles. The molecule has 1 N–H and O–H groups in total. The first-order chi connectivity index (χ1) is 4.69. The van der Waals surface area contributed by atoms with Crippen molar-refractivity contribution in [2.75, 3.05) is 6.61 Å². The number of aliphatic hydroxyl groups excluding tert-OH is 1. The van der Waals surface area contributed by atoms with Crippen LogP contribution in [0.15, 0.2) is 0 Å². The molecule has 0 bridgehead atoms. The molecule has 0 aromatic heterocycles. The Morgan fingerprint density at radius 1 is 1.08 bits per heavy atom. The fourth-order valence-electron chi connectivity index (χ4n) is 0.373. The molecule has 0 amide bonds. The van der Waals surface area contributed by atoms with Crippen LogP contribution < -0.4 is 19.6 Å². The van der Waals surface area contributed by atoms with Crippen LogP contribution in [0.1, 0.15) is 0 Å². The van der Waals surface area contributed by atoms with E-state index in [0.29, 0.717) is 0 Å². The van der Waals surface area contributed by atoms with Crippen LogP contribution in [-0.4, -0.2) is 17.1 Å². The molecule has 0 unspecified atom stereocenters. The summed E-state index contributed by atoms with van der Waals surface area (Å²) < 4.78 is 19.9. The summed E-state index contributed by atoms with van der Waals surface area (Å²) in [6.45, 7) is -1.49. The van der Waals surface area contributed by atoms with Gasteiger partial charge in [-0.15, -0.1) is 0 Å². The first kappa shape index (κ1) is 15.4. The largest absolute Gasteiger partial charge is 0.810 e. The zero-order valence-electron chi connectivity index (χ0n) is 5.45. The third-order valence-corrected chi connectivity index (χ3v) is 4.38. The molecular weight excluding hydrogens is 384 g/mol. The van der Waals surface area contributed by atoms with Gasteiger partial charge in [0.1, 0.15) is 0 Å². The Morgan fingerprint density at radius 2 is 1.33 bits per heavy atom. The first-order valence-electron chi connectivity index (χ1n) is 2.34. The van der Waals surface area contributed by atoms with E-state index in [2.05, 4.69) is 0 Å². The van der Waals surface area contributed by atoms with E-state index in [1.54, 1.807) is 0 Å². The van der Waals surface area contributed by atoms with Crippen molar-refractivity contribution in [3.05, 3.63) is 0 Å². The zero-order chi connectivity index (χ0) is 9.28. The van der Waals surface area contributed by atoms with E-state index in [4.69, 9.17) is 5.11 Å². The molecule has 0 atom stereocenters. The summed E-state index contributed by atoms with van der Waals surface area (Å²) in [5.41, 5.74) is 0. The van der Waals surface area contributed by atoms with E-state index < -0.39 is 27.2 Å². The normalized spacial score (nSPS) is 12.8. The third kappa shape index (κ3) is 4.83. The average molecular weight is 388 g/mol. The predicted molar refractivity (Wildman–Crippen MR) is 26.1 cm³/mol. The van der Waals surface area contributed by atoms with Crippen molar-refractivity contribution in [1.82, 2.24) is 0 Å². The molecule has 0 aromatic rings. The summed E-state index contributed by atoms with van der Waals surface area (Å²) in [7, 11) is -11.1. The summed E-state index contributed by atoms with van der Waals surface area (Å²) >= 11 is 0. The van der Waals surface area contributed by atoms with E-state index in [-0.39, 0.29) is 20.4 Å². The van der Waals surface area contributed by atoms with E-state index in [1.165, 1.54) is 0 Å². The fraction of sp³-hybridized carbons (Fsp3) is 1.00. The molecular formula is C2H4O7P2Re-4. The number of hydrogen-bond donors (Lipinski definition) is 1. The minimum atomic E-state index is -5.54. The summed E-state index contributed by atoms with van der Waals surface area (Å²) in [6.07, 6.45) is 0. The topological polar surface area (TPSA) is 147 Å². The zero-order valence-corrected chi connectivity index (χ0v) is 9.96. The summed E-state index contributed by atoms with van der Waals surface area (Å²) in [5.74, 6) is 0. The maximum Gasteiger partial charge on any atom is 0.0551 e. The van der Waals surface area contributed by atoms with Crippen molar-refractivity contribution in [2.45, 2.75) is 5.40 Å². The van der Waals surface area contributed by atoms with E-state index in [0.717, 1.165) is 0 Å². The van der Waals surface area contributed by atoms with Crippen LogP contribution in [-0.2, 0) is 29.6 Å². The van der Waals surface area contributed by atoms with Crippen molar-refractivity contribution in [3.63, 3.8) is 0 Å². The van der Waals surface area contributed by atoms with Gasteiger partial charge in [0.15, 0.2) is 0 Å². The number of hydrogen-bond acceptors (Lipinski definition) is 7. The Kier molecular flexibility index (Phi) is 6.37. The van der Waals surface area contributed by atoms with Gasteiger partial charge in [-0.25, -0.2) is 0 Å². The van der Waals surface area contributed by atoms with Crippen LogP contribution >= 0.6 is 15.2 Å². The minimum absolute atomic E-state index is 0. The Morgan fingerprint density at radius 3 is 1.33 bits per heavy atom. The second-order valence-corrected chi connectivity index (χ2v) is 5.56. The van der Waals surface area contributed by atoms with Crippen LogP contribution in [0, 0.1) is 0 Å². The molecule has 0 aliphatic rings. The molecule has 1 radical (unpaired) electrons. The van der Waals surface area contributed by atoms with Crippen molar-refractivity contribution >= 4 is 15.2 Å². The predicted octanol–water partition coefficient (Wildman–Crippen LogP) is -3.87. The molecule has 12 heavy (non-hydrogen) atoms. The SMILES string of the molecule is O=P([O-])([O-])C(CO)P(=O)([O-])[O-].[186Re]. The second-order valence-electron chi connectivity index (χ2n) is 1.74. The maximum atomic E-state index is 9.95. The van der Waals surface area contributed by atoms with Crippen molar-refractivity contribution < 1.29 is 54.2 Å². The Bertz CT molecular complexity index is 193. The van der Waals surface area contributed by atoms with Crippen LogP contribution in [0.4, 0.5) is 0 Å². The van der Waals surface area contributed by atoms with Gasteiger partial charge in [-0.3, -0.25) is 0 Å². The van der Waals surface area contributed by atoms with Crippen LogP contribution in [0.25, 0.3) is 0 Å². The Balaban J connectivity index is 0. The van der Waals surface area contributed by atoms with Gasteiger partial charge >= 0.3 is 0 Å². The molecule has 0 spiro atoms. The third-order valence-electron chi connectivity index (χ3n) is 0.893. The molecule has 7 nitrogen and oxygen atoms in total. The molecule has 0 heterocycles. The van der Waals surface area contributed by atoms with Crippen LogP contribution in [0.3, 0.4) is 0 Å². The van der Waals surface area contributed by atoms with Crippen molar-refractivity contribution in [1.29, 1.82) is 0 Å². The Hall–Kier alpha value is 0.922. The van der Waals surface area contributed by atoms with Crippen molar-refractivity contribution in [3.8, 4) is 0 Å². The molecule has 0 fully saturated rings. The van der Waals surface area contributed by atoms with Gasteiger partial charge < -0.3 is 33.8 Å². The molecule has 0 aliphatic heterocycles. The minimum Gasteiger partial charge on any atom is -0.810 e. The summed E-state index contributed by atoms with van der Waals surface area (Å²) in [4.78, 5) is 39.8. The van der Waals surface area contributed by atoms with Gasteiger partial charge in [0.25, 0.3) is 0 Å². The standard InChI is InChI=1S/C2H8O7P2.Re/c3-1-2(10(4,5)6)11(7,8)9;/h2-3H,1H2,(H2,4,5,6)(H2,7,8,9);/p-4/i;1+0. The molecule has 0 aliphatic carbocycles. The van der Waals surface area contributed by atoms with Gasteiger partial charge in [-0.05, 0) is 0 Å². The van der Waals surface area contributed by atoms with Gasteiger partial charge in [0.2, 0.25) is 0 Å². The van der Waals surface area contributed by atoms with Gasteiger partial charge in [0, 0.05) is 25.8 Å². The van der Waals surface area contributed by atoms with E-state index in [9.17, 15) is 28.7 Å². The quantitative estimate of drug-likeness (QED) is 0.487. The van der Waals surface area contributed by atoms with E-state index in [1.807, 2.05) is 0 Å². The van der Waals surface area contributed by atoms with Crippen LogP contribution in [0.2, 0.25) is 0 Å². The molecule has 0 saturated heterocycles. The van der Waals surface area contributed by atoms with Gasteiger partial charge in [-0.2, -0.15) is 0 Å². The monoisotopic (exact) mass is 388 g/mol. The summed E-state index contributed by atoms with van der Waals surface area (Å²) in [6, 6.07) is 0. The smallest absolute Gasteiger partial charge is 0.0551 e. The number of rotatable bonds is 3. The number of aliphatic hydroxyl groups is 1. The average Bonchev–Trinajstić information content (AvgIpc) is 1.56. The maximum absolute atomic E-state index is 9.95. The molecule has 75 valence electrons. The van der Waals surface area contributed by atoms with Crippen LogP contribution in [0.5, 0.6) is 0 Å². The summed E-state index contributed by atoms with van der Waals surface area (Å²) in [5, 5.41) is 5.31. The second kappa shape index (κ2) is 4.97. The molecule has 0 rings (SSSR count). The Labute approximate surface area is 81.8 Å². The van der Waals surface area contributed by atoms with E-state index >= 15 is 0 Å². The fourth-order valence-corrected chi connectivity index (χ4v) is 2.16.